The number of fused-ring (bicyclic) bond motifs is 1. The van der Waals surface area contributed by atoms with E-state index >= 15 is 4.39 Å². The van der Waals surface area contributed by atoms with Gasteiger partial charge < -0.3 is 14.7 Å². The average Bonchev–Trinajstić information content (AvgIpc) is 3.67. The maximum absolute atomic E-state index is 15.8. The molecule has 4 heterocycles. The molecule has 1 aliphatic rings. The third-order valence-corrected chi connectivity index (χ3v) is 8.93. The Bertz CT molecular complexity index is 2000. The van der Waals surface area contributed by atoms with Crippen molar-refractivity contribution in [2.24, 2.45) is 7.05 Å². The Morgan fingerprint density at radius 3 is 2.60 bits per heavy atom. The molecule has 1 aliphatic heterocycles. The van der Waals surface area contributed by atoms with Crippen LogP contribution in [-0.4, -0.2) is 72.7 Å². The van der Waals surface area contributed by atoms with Gasteiger partial charge in [0.1, 0.15) is 22.9 Å². The molecule has 13 heteroatoms. The number of anilines is 1. The number of aromatic nitrogens is 4. The molecule has 11 nitrogen and oxygen atoms in total. The quantitative estimate of drug-likeness (QED) is 0.215. The first-order chi connectivity index (χ1) is 22.4. The number of benzene rings is 2. The summed E-state index contributed by atoms with van der Waals surface area (Å²) in [4.78, 5) is 47.7. The number of carbonyl (C=O) groups excluding carboxylic acids is 2. The summed E-state index contributed by atoms with van der Waals surface area (Å²) in [6.07, 6.45) is 3.89. The van der Waals surface area contributed by atoms with Crippen LogP contribution in [0.1, 0.15) is 54.3 Å². The van der Waals surface area contributed by atoms with Crippen LogP contribution in [-0.2, 0) is 11.8 Å². The summed E-state index contributed by atoms with van der Waals surface area (Å²) >= 11 is 1.43. The van der Waals surface area contributed by atoms with Crippen LogP contribution in [0.4, 0.5) is 15.0 Å². The van der Waals surface area contributed by atoms with E-state index in [-0.39, 0.29) is 17.7 Å². The third kappa shape index (κ3) is 6.70. The van der Waals surface area contributed by atoms with Crippen LogP contribution in [0.25, 0.3) is 31.8 Å². The highest BCUT2D eigenvalue weighted by molar-refractivity contribution is 7.22. The van der Waals surface area contributed by atoms with Gasteiger partial charge in [0.05, 0.1) is 23.4 Å². The van der Waals surface area contributed by atoms with E-state index in [4.69, 9.17) is 4.74 Å². The minimum Gasteiger partial charge on any atom is -0.478 e. The number of carbonyl (C=O) groups is 3. The van der Waals surface area contributed by atoms with Crippen LogP contribution in [0, 0.1) is 5.82 Å². The lowest BCUT2D eigenvalue weighted by atomic mass is 10.0. The molecule has 6 rings (SSSR count). The summed E-state index contributed by atoms with van der Waals surface area (Å²) < 4.78 is 23.8. The van der Waals surface area contributed by atoms with Gasteiger partial charge >= 0.3 is 12.1 Å². The maximum Gasteiger partial charge on any atom is 0.410 e. The minimum atomic E-state index is -1.04. The number of thiophene rings is 1. The highest BCUT2D eigenvalue weighted by Crippen LogP contribution is 2.39. The Kier molecular flexibility index (Phi) is 8.49. The van der Waals surface area contributed by atoms with Crippen molar-refractivity contribution in [3.05, 3.63) is 83.9 Å². The maximum atomic E-state index is 15.8. The lowest BCUT2D eigenvalue weighted by molar-refractivity contribution is 0.0195. The summed E-state index contributed by atoms with van der Waals surface area (Å²) in [7, 11) is 1.71. The van der Waals surface area contributed by atoms with Crippen molar-refractivity contribution < 1.29 is 28.6 Å². The van der Waals surface area contributed by atoms with Gasteiger partial charge in [0.2, 0.25) is 0 Å². The number of amides is 2. The Labute approximate surface area is 274 Å². The Balaban J connectivity index is 1.43. The van der Waals surface area contributed by atoms with Gasteiger partial charge in [-0.15, -0.1) is 16.4 Å². The molecule has 0 spiro atoms. The second-order valence-corrected chi connectivity index (χ2v) is 13.5. The van der Waals surface area contributed by atoms with E-state index in [9.17, 15) is 19.5 Å². The number of hydrogen-bond donors (Lipinski definition) is 1. The van der Waals surface area contributed by atoms with Gasteiger partial charge in [-0.3, -0.25) is 14.4 Å². The summed E-state index contributed by atoms with van der Waals surface area (Å²) in [6.45, 7) is 5.99. The molecule has 0 bridgehead atoms. The van der Waals surface area contributed by atoms with Crippen molar-refractivity contribution >= 4 is 45.2 Å². The van der Waals surface area contributed by atoms with Crippen molar-refractivity contribution in [2.75, 3.05) is 18.0 Å². The zero-order chi connectivity index (χ0) is 33.5. The number of aromatic carboxylic acids is 1. The van der Waals surface area contributed by atoms with Gasteiger partial charge in [-0.05, 0) is 75.6 Å². The molecule has 5 aromatic rings. The molecule has 0 saturated carbocycles. The molecular weight excluding hydrogens is 623 g/mol. The van der Waals surface area contributed by atoms with Crippen LogP contribution in [0.5, 0.6) is 0 Å². The molecule has 0 aliphatic carbocycles. The number of carboxylic acid groups (broad SMARTS) is 1. The lowest BCUT2D eigenvalue weighted by Crippen LogP contribution is -2.53. The van der Waals surface area contributed by atoms with E-state index < -0.39 is 35.4 Å². The van der Waals surface area contributed by atoms with Crippen molar-refractivity contribution in [1.29, 1.82) is 0 Å². The van der Waals surface area contributed by atoms with Gasteiger partial charge in [-0.25, -0.2) is 19.0 Å². The van der Waals surface area contributed by atoms with Crippen LogP contribution < -0.4 is 4.90 Å². The number of piperidine rings is 1. The van der Waals surface area contributed by atoms with E-state index in [2.05, 4.69) is 15.3 Å². The van der Waals surface area contributed by atoms with E-state index in [1.54, 1.807) is 63.3 Å². The van der Waals surface area contributed by atoms with Crippen LogP contribution in [0.15, 0.2) is 67.0 Å². The van der Waals surface area contributed by atoms with E-state index in [0.717, 1.165) is 9.58 Å². The molecule has 1 N–H and O–H groups in total. The van der Waals surface area contributed by atoms with Gasteiger partial charge in [0, 0.05) is 46.9 Å². The van der Waals surface area contributed by atoms with Crippen LogP contribution >= 0.6 is 11.3 Å². The van der Waals surface area contributed by atoms with E-state index in [1.807, 2.05) is 18.2 Å². The Morgan fingerprint density at radius 1 is 1.09 bits per heavy atom. The predicted octanol–water partition coefficient (Wildman–Crippen LogP) is 6.64. The molecule has 1 saturated heterocycles. The molecule has 2 amide bonds. The topological polar surface area (TPSA) is 131 Å². The predicted molar refractivity (Wildman–Crippen MR) is 176 cm³/mol. The number of aryl methyl sites for hydroxylation is 1. The number of carboxylic acids is 1. The molecule has 242 valence electrons. The highest BCUT2D eigenvalue weighted by Gasteiger charge is 2.36. The molecular formula is C34H33FN6O5S. The highest BCUT2D eigenvalue weighted by atomic mass is 32.1. The smallest absolute Gasteiger partial charge is 0.410 e. The molecule has 1 atom stereocenters. The fourth-order valence-electron chi connectivity index (χ4n) is 5.64. The normalized spacial score (nSPS) is 15.1. The fourth-order valence-corrected chi connectivity index (χ4v) is 6.69. The zero-order valence-corrected chi connectivity index (χ0v) is 27.1. The van der Waals surface area contributed by atoms with Crippen molar-refractivity contribution in [3.63, 3.8) is 0 Å². The van der Waals surface area contributed by atoms with Gasteiger partial charge in [0.25, 0.3) is 5.91 Å². The first kappa shape index (κ1) is 31.8. The fraction of sp³-hybridized carbons (Fsp3) is 0.294. The Morgan fingerprint density at radius 2 is 1.89 bits per heavy atom. The number of hydrogen-bond acceptors (Lipinski definition) is 8. The standard InChI is InChI=1S/C34H33FN6O5S/c1-34(2,3)46-33(45)40-14-6-9-23(18-40)41(31(42)24-11-10-20(16-26(24)35)27-19-39(4)38-37-27)30-25-17-29(47-28(25)12-13-36-30)21-7-5-8-22(15-21)32(43)44/h5,7-8,10-13,15-17,19,23H,6,9,14,18H2,1-4H3,(H,43,44)/t23-/m1/s1. The largest absolute Gasteiger partial charge is 0.478 e. The van der Waals surface area contributed by atoms with Crippen molar-refractivity contribution in [3.8, 4) is 21.7 Å². The number of likely N-dealkylation sites (tertiary alicyclic amines) is 1. The van der Waals surface area contributed by atoms with E-state index in [0.29, 0.717) is 47.4 Å². The average molecular weight is 657 g/mol. The van der Waals surface area contributed by atoms with Gasteiger partial charge in [-0.2, -0.15) is 0 Å². The monoisotopic (exact) mass is 656 g/mol. The van der Waals surface area contributed by atoms with Crippen LogP contribution in [0.3, 0.4) is 0 Å². The van der Waals surface area contributed by atoms with Crippen molar-refractivity contribution in [1.82, 2.24) is 24.9 Å². The third-order valence-electron chi connectivity index (χ3n) is 7.78. The lowest BCUT2D eigenvalue weighted by Gasteiger charge is -2.39. The zero-order valence-electron chi connectivity index (χ0n) is 26.3. The van der Waals surface area contributed by atoms with Crippen molar-refractivity contribution in [2.45, 2.75) is 45.3 Å². The summed E-state index contributed by atoms with van der Waals surface area (Å²) in [6, 6.07) is 14.1. The molecule has 3 aromatic heterocycles. The molecule has 47 heavy (non-hydrogen) atoms. The summed E-state index contributed by atoms with van der Waals surface area (Å²) in [5, 5.41) is 18.1. The number of ether oxygens (including phenoxy) is 1. The second kappa shape index (κ2) is 12.6. The molecule has 1 fully saturated rings. The Hall–Kier alpha value is -5.17. The molecule has 0 unspecified atom stereocenters. The number of pyridine rings is 1. The second-order valence-electron chi connectivity index (χ2n) is 12.4. The van der Waals surface area contributed by atoms with Crippen LogP contribution in [0.2, 0.25) is 0 Å². The summed E-state index contributed by atoms with van der Waals surface area (Å²) in [5.74, 6) is -2.05. The number of rotatable bonds is 6. The first-order valence-electron chi connectivity index (χ1n) is 15.1. The number of halogens is 1. The number of nitrogens with zero attached hydrogens (tertiary/aromatic N) is 6. The summed E-state index contributed by atoms with van der Waals surface area (Å²) in [5.41, 5.74) is 0.932. The SMILES string of the molecule is Cn1cc(-c2ccc(C(=O)N(c3nccc4sc(-c5cccc(C(=O)O)c5)cc34)[C@@H]3CCCN(C(=O)OC(C)(C)C)C3)c(F)c2)nn1. The molecule has 0 radical (unpaired) electrons. The first-order valence-corrected chi connectivity index (χ1v) is 15.9. The van der Waals surface area contributed by atoms with Gasteiger partial charge in [0.15, 0.2) is 0 Å². The van der Waals surface area contributed by atoms with E-state index in [1.165, 1.54) is 39.1 Å². The molecule has 2 aromatic carbocycles. The van der Waals surface area contributed by atoms with Gasteiger partial charge in [-0.1, -0.05) is 23.4 Å². The minimum absolute atomic E-state index is 0.153.